The summed E-state index contributed by atoms with van der Waals surface area (Å²) in [7, 11) is 0. The summed E-state index contributed by atoms with van der Waals surface area (Å²) in [5, 5.41) is 0. The largest absolute Gasteiger partial charge is 0.294 e. The monoisotopic (exact) mass is 207 g/mol. The van der Waals surface area contributed by atoms with Crippen molar-refractivity contribution in [3.05, 3.63) is 20.8 Å². The van der Waals surface area contributed by atoms with Crippen molar-refractivity contribution in [2.75, 3.05) is 0 Å². The number of hydrogen-bond acceptors (Lipinski definition) is 2. The predicted molar refractivity (Wildman–Crippen MR) is 42.0 cm³/mol. The number of carbonyl (C=O) groups excluding carboxylic acids is 1. The van der Waals surface area contributed by atoms with E-state index >= 15 is 0 Å². The zero-order valence-electron chi connectivity index (χ0n) is 7.35. The molecule has 0 aliphatic heterocycles. The van der Waals surface area contributed by atoms with Crippen LogP contribution in [0.3, 0.4) is 0 Å². The average Bonchev–Trinajstić information content (AvgIpc) is 2.32. The summed E-state index contributed by atoms with van der Waals surface area (Å²) in [4.78, 5) is 11.4. The van der Waals surface area contributed by atoms with Crippen molar-refractivity contribution >= 4 is 33.0 Å². The molecule has 1 nitrogen and oxygen atoms in total. The van der Waals surface area contributed by atoms with E-state index in [1.54, 1.807) is 6.07 Å². The lowest BCUT2D eigenvalue weighted by atomic mass is 10.4. The Morgan fingerprint density at radius 1 is 1.89 bits per heavy atom. The zero-order chi connectivity index (χ0) is 9.35. The lowest BCUT2D eigenvalue weighted by molar-refractivity contribution is 0.102. The van der Waals surface area contributed by atoms with Gasteiger partial charge in [0.2, 0.25) is 0 Å². The molecule has 9 heavy (non-hydrogen) atoms. The molecule has 0 fully saturated rings. The molecule has 0 N–H and O–H groups in total. The highest BCUT2D eigenvalue weighted by molar-refractivity contribution is 9.11. The Labute approximate surface area is 70.0 Å². The highest BCUT2D eigenvalue weighted by atomic mass is 79.9. The summed E-state index contributed by atoms with van der Waals surface area (Å²) in [6.45, 7) is -2.52. The molecule has 1 aromatic rings. The van der Waals surface area contributed by atoms with Gasteiger partial charge in [-0.15, -0.1) is 11.3 Å². The minimum atomic E-state index is -2.52. The van der Waals surface area contributed by atoms with Crippen LogP contribution < -0.4 is 0 Å². The number of halogens is 1. The number of ketones is 1. The highest BCUT2D eigenvalue weighted by Gasteiger charge is 2.00. The maximum absolute atomic E-state index is 11.1. The van der Waals surface area contributed by atoms with Gasteiger partial charge in [-0.2, -0.15) is 0 Å². The molecule has 0 bridgehead atoms. The van der Waals surface area contributed by atoms with Gasteiger partial charge >= 0.3 is 0 Å². The Hall–Kier alpha value is -0.150. The maximum atomic E-state index is 11.1. The Kier molecular flexibility index (Phi) is 1.13. The summed E-state index contributed by atoms with van der Waals surface area (Å²) in [5.74, 6) is -0.793. The van der Waals surface area contributed by atoms with Crippen LogP contribution in [0, 0.1) is 0 Å². The predicted octanol–water partition coefficient (Wildman–Crippen LogP) is 2.71. The minimum Gasteiger partial charge on any atom is -0.294 e. The number of thiophene rings is 1. The summed E-state index contributed by atoms with van der Waals surface area (Å²) in [5.41, 5.74) is 0. The standard InChI is InChI=1S/C6H5BrOS/c1-4(8)5-2-3-6(7)9-5/h2-3H,1H3/i1D3. The van der Waals surface area contributed by atoms with E-state index in [0.29, 0.717) is 0 Å². The summed E-state index contributed by atoms with van der Waals surface area (Å²) in [6, 6.07) is 3.16. The van der Waals surface area contributed by atoms with E-state index in [1.807, 2.05) is 0 Å². The quantitative estimate of drug-likeness (QED) is 0.648. The molecule has 0 aromatic carbocycles. The Bertz CT molecular complexity index is 304. The van der Waals surface area contributed by atoms with Crippen LogP contribution in [-0.4, -0.2) is 5.78 Å². The normalized spacial score (nSPS) is 15.9. The van der Waals surface area contributed by atoms with E-state index in [4.69, 9.17) is 4.11 Å². The second-order valence-corrected chi connectivity index (χ2v) is 3.90. The molecule has 0 atom stereocenters. The highest BCUT2D eigenvalue weighted by Crippen LogP contribution is 2.21. The number of carbonyl (C=O) groups is 1. The maximum Gasteiger partial charge on any atom is 0.169 e. The van der Waals surface area contributed by atoms with Gasteiger partial charge in [-0.1, -0.05) is 0 Å². The Morgan fingerprint density at radius 2 is 2.67 bits per heavy atom. The van der Waals surface area contributed by atoms with Crippen LogP contribution >= 0.6 is 27.3 Å². The van der Waals surface area contributed by atoms with Crippen molar-refractivity contribution in [2.45, 2.75) is 6.85 Å². The lowest BCUT2D eigenvalue weighted by Gasteiger charge is -1.80. The van der Waals surface area contributed by atoms with Gasteiger partial charge in [-0.3, -0.25) is 4.79 Å². The van der Waals surface area contributed by atoms with E-state index in [0.717, 1.165) is 15.1 Å². The molecule has 0 aliphatic rings. The van der Waals surface area contributed by atoms with Crippen molar-refractivity contribution in [2.24, 2.45) is 0 Å². The average molecular weight is 208 g/mol. The van der Waals surface area contributed by atoms with Gasteiger partial charge in [-0.25, -0.2) is 0 Å². The molecule has 48 valence electrons. The Balaban J connectivity index is 2.93. The van der Waals surface area contributed by atoms with Crippen molar-refractivity contribution in [1.82, 2.24) is 0 Å². The second-order valence-electron chi connectivity index (χ2n) is 1.43. The van der Waals surface area contributed by atoms with Crippen LogP contribution in [0.2, 0.25) is 0 Å². The smallest absolute Gasteiger partial charge is 0.169 e. The van der Waals surface area contributed by atoms with Gasteiger partial charge in [-0.05, 0) is 34.9 Å². The zero-order valence-corrected chi connectivity index (χ0v) is 6.75. The van der Waals surface area contributed by atoms with Crippen LogP contribution in [0.15, 0.2) is 15.9 Å². The fourth-order valence-corrected chi connectivity index (χ4v) is 1.67. The fraction of sp³-hybridized carbons (Fsp3) is 0.167. The first kappa shape index (κ1) is 3.88. The molecule has 3 heteroatoms. The molecular formula is C6H5BrOS. The van der Waals surface area contributed by atoms with Crippen LogP contribution in [0.25, 0.3) is 0 Å². The second kappa shape index (κ2) is 2.62. The van der Waals surface area contributed by atoms with E-state index in [-0.39, 0.29) is 4.88 Å². The third kappa shape index (κ3) is 1.63. The minimum absolute atomic E-state index is 0.266. The van der Waals surface area contributed by atoms with Gasteiger partial charge in [0.1, 0.15) is 0 Å². The molecule has 1 heterocycles. The SMILES string of the molecule is [2H]C([2H])([2H])C(=O)c1ccc(Br)s1. The van der Waals surface area contributed by atoms with Crippen molar-refractivity contribution < 1.29 is 8.91 Å². The van der Waals surface area contributed by atoms with Crippen LogP contribution in [-0.2, 0) is 0 Å². The molecule has 0 saturated carbocycles. The van der Waals surface area contributed by atoms with Crippen LogP contribution in [0.1, 0.15) is 20.6 Å². The van der Waals surface area contributed by atoms with Crippen molar-refractivity contribution in [3.8, 4) is 0 Å². The van der Waals surface area contributed by atoms with E-state index in [2.05, 4.69) is 15.9 Å². The molecule has 1 aromatic heterocycles. The van der Waals surface area contributed by atoms with Gasteiger partial charge in [0, 0.05) is 4.11 Å². The van der Waals surface area contributed by atoms with E-state index in [9.17, 15) is 4.79 Å². The van der Waals surface area contributed by atoms with Gasteiger partial charge in [0.05, 0.1) is 8.66 Å². The van der Waals surface area contributed by atoms with Crippen molar-refractivity contribution in [1.29, 1.82) is 0 Å². The van der Waals surface area contributed by atoms with Gasteiger partial charge in [0.25, 0.3) is 0 Å². The molecule has 0 amide bonds. The fourth-order valence-electron chi connectivity index (χ4n) is 0.436. The molecule has 0 radical (unpaired) electrons. The first-order valence-corrected chi connectivity index (χ1v) is 3.82. The molecule has 0 unspecified atom stereocenters. The van der Waals surface area contributed by atoms with Crippen molar-refractivity contribution in [3.63, 3.8) is 0 Å². The Morgan fingerprint density at radius 3 is 3.11 bits per heavy atom. The first-order valence-electron chi connectivity index (χ1n) is 3.71. The number of Topliss-reactive ketones (excluding diaryl/α,β-unsaturated/α-hetero) is 1. The molecule has 1 rings (SSSR count). The molecule has 0 spiro atoms. The van der Waals surface area contributed by atoms with Crippen LogP contribution in [0.5, 0.6) is 0 Å². The van der Waals surface area contributed by atoms with Gasteiger partial charge < -0.3 is 0 Å². The van der Waals surface area contributed by atoms with E-state index < -0.39 is 12.6 Å². The number of rotatable bonds is 1. The summed E-state index contributed by atoms with van der Waals surface area (Å²) >= 11 is 4.28. The van der Waals surface area contributed by atoms with E-state index in [1.165, 1.54) is 6.07 Å². The molecule has 0 aliphatic carbocycles. The van der Waals surface area contributed by atoms with Gasteiger partial charge in [0.15, 0.2) is 5.78 Å². The first-order chi connectivity index (χ1) is 5.41. The third-order valence-electron chi connectivity index (χ3n) is 0.797. The third-order valence-corrected chi connectivity index (χ3v) is 2.42. The molecular weight excluding hydrogens is 200 g/mol. The topological polar surface area (TPSA) is 17.1 Å². The lowest BCUT2D eigenvalue weighted by Crippen LogP contribution is -1.83. The number of hydrogen-bond donors (Lipinski definition) is 0. The summed E-state index contributed by atoms with van der Waals surface area (Å²) in [6.07, 6.45) is 0. The van der Waals surface area contributed by atoms with Crippen LogP contribution in [0.4, 0.5) is 0 Å². The molecule has 0 saturated heterocycles. The summed E-state index contributed by atoms with van der Waals surface area (Å²) < 4.78 is 21.3.